The monoisotopic (exact) mass is 305 g/mol. The first-order chi connectivity index (χ1) is 10.0. The van der Waals surface area contributed by atoms with Gasteiger partial charge in [-0.2, -0.15) is 5.26 Å². The fourth-order valence-corrected chi connectivity index (χ4v) is 2.19. The zero-order valence-corrected chi connectivity index (χ0v) is 11.9. The van der Waals surface area contributed by atoms with Crippen LogP contribution in [0.15, 0.2) is 34.7 Å². The predicted molar refractivity (Wildman–Crippen MR) is 75.7 cm³/mol. The third-order valence-corrected chi connectivity index (χ3v) is 3.24. The summed E-state index contributed by atoms with van der Waals surface area (Å²) in [5, 5.41) is 18.7. The van der Waals surface area contributed by atoms with Crippen molar-refractivity contribution in [3.8, 4) is 11.8 Å². The van der Waals surface area contributed by atoms with Crippen molar-refractivity contribution in [2.24, 2.45) is 0 Å². The van der Waals surface area contributed by atoms with E-state index < -0.39 is 11.9 Å². The van der Waals surface area contributed by atoms with Gasteiger partial charge in [-0.3, -0.25) is 0 Å². The first-order valence-electron chi connectivity index (χ1n) is 6.10. The lowest BCUT2D eigenvalue weighted by molar-refractivity contribution is 0.0660. The molecular weight excluding hydrogens is 294 g/mol. The smallest absolute Gasteiger partial charge is 0.371 e. The Hall–Kier alpha value is -2.45. The highest BCUT2D eigenvalue weighted by Crippen LogP contribution is 2.29. The van der Waals surface area contributed by atoms with E-state index in [2.05, 4.69) is 6.07 Å². The first kappa shape index (κ1) is 14.9. The van der Waals surface area contributed by atoms with Crippen LogP contribution >= 0.6 is 11.6 Å². The van der Waals surface area contributed by atoms with Crippen molar-refractivity contribution in [1.29, 1.82) is 5.26 Å². The molecule has 1 atom stereocenters. The van der Waals surface area contributed by atoms with E-state index >= 15 is 0 Å². The quantitative estimate of drug-likeness (QED) is 0.914. The van der Waals surface area contributed by atoms with Gasteiger partial charge < -0.3 is 14.3 Å². The molecule has 5 nitrogen and oxygen atoms in total. The lowest BCUT2D eigenvalue weighted by Crippen LogP contribution is -2.02. The highest BCUT2D eigenvalue weighted by atomic mass is 35.5. The number of carboxylic acids is 1. The summed E-state index contributed by atoms with van der Waals surface area (Å²) in [5.41, 5.74) is 0.754. The zero-order chi connectivity index (χ0) is 15.4. The Kier molecular flexibility index (Phi) is 4.51. The Labute approximate surface area is 126 Å². The van der Waals surface area contributed by atoms with Crippen LogP contribution in [-0.2, 0) is 6.42 Å². The Balaban J connectivity index is 2.29. The molecule has 0 fully saturated rings. The summed E-state index contributed by atoms with van der Waals surface area (Å²) in [6, 6.07) is 10.1. The van der Waals surface area contributed by atoms with Crippen molar-refractivity contribution in [2.45, 2.75) is 12.3 Å². The molecule has 2 aromatic rings. The van der Waals surface area contributed by atoms with E-state index in [0.717, 1.165) is 5.56 Å². The maximum atomic E-state index is 10.8. The summed E-state index contributed by atoms with van der Waals surface area (Å²) in [6.07, 6.45) is 0.312. The van der Waals surface area contributed by atoms with E-state index in [9.17, 15) is 10.1 Å². The maximum Gasteiger partial charge on any atom is 0.371 e. The highest BCUT2D eigenvalue weighted by Gasteiger charge is 2.20. The normalized spacial score (nSPS) is 11.7. The number of methoxy groups -OCH3 is 1. The Morgan fingerprint density at radius 1 is 1.48 bits per heavy atom. The molecule has 6 heteroatoms. The van der Waals surface area contributed by atoms with Crippen LogP contribution in [0.1, 0.15) is 27.8 Å². The fraction of sp³-hybridized carbons (Fsp3) is 0.200. The van der Waals surface area contributed by atoms with Gasteiger partial charge in [0.05, 0.1) is 13.2 Å². The minimum Gasteiger partial charge on any atom is -0.496 e. The Bertz CT molecular complexity index is 702. The number of furan rings is 1. The first-order valence-corrected chi connectivity index (χ1v) is 6.48. The molecule has 1 unspecified atom stereocenters. The second-order valence-electron chi connectivity index (χ2n) is 4.35. The average molecular weight is 306 g/mol. The fourth-order valence-electron chi connectivity index (χ4n) is 1.99. The molecule has 0 aliphatic carbocycles. The van der Waals surface area contributed by atoms with Gasteiger partial charge in [-0.15, -0.1) is 0 Å². The van der Waals surface area contributed by atoms with Gasteiger partial charge in [0, 0.05) is 5.02 Å². The molecule has 21 heavy (non-hydrogen) atoms. The molecule has 0 amide bonds. The van der Waals surface area contributed by atoms with Crippen molar-refractivity contribution >= 4 is 17.6 Å². The number of rotatable bonds is 5. The second-order valence-corrected chi connectivity index (χ2v) is 4.79. The van der Waals surface area contributed by atoms with E-state index in [0.29, 0.717) is 23.0 Å². The topological polar surface area (TPSA) is 83.5 Å². The van der Waals surface area contributed by atoms with Gasteiger partial charge in [0.15, 0.2) is 0 Å². The number of benzene rings is 1. The van der Waals surface area contributed by atoms with Crippen LogP contribution in [0.4, 0.5) is 0 Å². The van der Waals surface area contributed by atoms with E-state index in [-0.39, 0.29) is 5.76 Å². The van der Waals surface area contributed by atoms with Crippen molar-refractivity contribution in [2.75, 3.05) is 7.11 Å². The van der Waals surface area contributed by atoms with Gasteiger partial charge in [0.2, 0.25) is 5.76 Å². The summed E-state index contributed by atoms with van der Waals surface area (Å²) in [6.45, 7) is 0. The van der Waals surface area contributed by atoms with Crippen molar-refractivity contribution in [3.05, 3.63) is 52.4 Å². The number of nitriles is 1. The second kappa shape index (κ2) is 6.33. The molecule has 0 aliphatic heterocycles. The van der Waals surface area contributed by atoms with Gasteiger partial charge >= 0.3 is 5.97 Å². The molecule has 1 aromatic carbocycles. The highest BCUT2D eigenvalue weighted by molar-refractivity contribution is 6.30. The molecule has 0 saturated heterocycles. The third kappa shape index (κ3) is 3.36. The standard InChI is InChI=1S/C15H12ClNO4/c1-20-12-3-2-11(16)7-9(12)6-10(8-17)13-4-5-14(21-13)15(18)19/h2-5,7,10H,6H2,1H3,(H,18,19). The lowest BCUT2D eigenvalue weighted by Gasteiger charge is -2.11. The van der Waals surface area contributed by atoms with Crippen LogP contribution in [0.3, 0.4) is 0 Å². The SMILES string of the molecule is COc1ccc(Cl)cc1CC(C#N)c1ccc(C(=O)O)o1. The number of carbonyl (C=O) groups is 1. The maximum absolute atomic E-state index is 10.8. The van der Waals surface area contributed by atoms with Crippen LogP contribution in [0.2, 0.25) is 5.02 Å². The van der Waals surface area contributed by atoms with Gasteiger partial charge in [0.25, 0.3) is 0 Å². The van der Waals surface area contributed by atoms with E-state index in [1.165, 1.54) is 19.2 Å². The summed E-state index contributed by atoms with van der Waals surface area (Å²) < 4.78 is 10.4. The predicted octanol–water partition coefficient (Wildman–Crippen LogP) is 3.49. The number of nitrogens with zero attached hydrogens (tertiary/aromatic N) is 1. The van der Waals surface area contributed by atoms with Crippen molar-refractivity contribution < 1.29 is 19.1 Å². The van der Waals surface area contributed by atoms with Crippen LogP contribution in [0.25, 0.3) is 0 Å². The summed E-state index contributed by atoms with van der Waals surface area (Å²) in [4.78, 5) is 10.8. The van der Waals surface area contributed by atoms with Crippen LogP contribution in [-0.4, -0.2) is 18.2 Å². The van der Waals surface area contributed by atoms with Crippen LogP contribution < -0.4 is 4.74 Å². The molecule has 0 saturated carbocycles. The van der Waals surface area contributed by atoms with Gasteiger partial charge in [-0.05, 0) is 42.3 Å². The lowest BCUT2D eigenvalue weighted by atomic mass is 9.98. The molecule has 2 rings (SSSR count). The number of aromatic carboxylic acids is 1. The van der Waals surface area contributed by atoms with Gasteiger partial charge in [-0.1, -0.05) is 11.6 Å². The Morgan fingerprint density at radius 3 is 2.81 bits per heavy atom. The molecule has 108 valence electrons. The van der Waals surface area contributed by atoms with Crippen LogP contribution in [0, 0.1) is 11.3 Å². The zero-order valence-electron chi connectivity index (χ0n) is 11.2. The Morgan fingerprint density at radius 2 is 2.24 bits per heavy atom. The molecule has 0 bridgehead atoms. The van der Waals surface area contributed by atoms with Crippen molar-refractivity contribution in [3.63, 3.8) is 0 Å². The molecule has 1 N–H and O–H groups in total. The summed E-state index contributed by atoms with van der Waals surface area (Å²) in [7, 11) is 1.53. The largest absolute Gasteiger partial charge is 0.496 e. The average Bonchev–Trinajstić information content (AvgIpc) is 2.94. The summed E-state index contributed by atoms with van der Waals surface area (Å²) >= 11 is 5.95. The third-order valence-electron chi connectivity index (χ3n) is 3.00. The van der Waals surface area contributed by atoms with E-state index in [1.54, 1.807) is 18.2 Å². The van der Waals surface area contributed by atoms with E-state index in [4.69, 9.17) is 25.9 Å². The number of hydrogen-bond donors (Lipinski definition) is 1. The number of carboxylic acid groups (broad SMARTS) is 1. The minimum absolute atomic E-state index is 0.191. The molecule has 1 aromatic heterocycles. The number of hydrogen-bond acceptors (Lipinski definition) is 4. The molecular formula is C15H12ClNO4. The van der Waals surface area contributed by atoms with Gasteiger partial charge in [-0.25, -0.2) is 4.79 Å². The van der Waals surface area contributed by atoms with Gasteiger partial charge in [0.1, 0.15) is 17.4 Å². The number of halogens is 1. The molecule has 0 radical (unpaired) electrons. The molecule has 1 heterocycles. The summed E-state index contributed by atoms with van der Waals surface area (Å²) in [5.74, 6) is -1.06. The molecule has 0 aliphatic rings. The minimum atomic E-state index is -1.17. The van der Waals surface area contributed by atoms with Crippen LogP contribution in [0.5, 0.6) is 5.75 Å². The molecule has 0 spiro atoms. The number of ether oxygens (including phenoxy) is 1. The van der Waals surface area contributed by atoms with E-state index in [1.807, 2.05) is 0 Å². The van der Waals surface area contributed by atoms with Crippen molar-refractivity contribution in [1.82, 2.24) is 0 Å².